The van der Waals surface area contributed by atoms with Crippen molar-refractivity contribution < 1.29 is 0 Å². The maximum absolute atomic E-state index is 2.71. The van der Waals surface area contributed by atoms with Gasteiger partial charge in [0.05, 0.1) is 0 Å². The molecule has 0 fully saturated rings. The Kier molecular flexibility index (Phi) is 5.56. The first-order chi connectivity index (χ1) is 7.17. The highest BCUT2D eigenvalue weighted by Crippen LogP contribution is 2.40. The van der Waals surface area contributed by atoms with Crippen LogP contribution in [0.2, 0.25) is 77.7 Å². The Bertz CT molecular complexity index is 216. The van der Waals surface area contributed by atoms with Crippen LogP contribution in [0.4, 0.5) is 0 Å². The van der Waals surface area contributed by atoms with E-state index in [4.69, 9.17) is 0 Å². The van der Waals surface area contributed by atoms with Crippen molar-refractivity contribution in [1.29, 1.82) is 0 Å². The lowest BCUT2D eigenvalue weighted by atomic mass is 11.8. The van der Waals surface area contributed by atoms with Crippen molar-refractivity contribution >= 4 is 38.2 Å². The molecule has 0 aliphatic carbocycles. The van der Waals surface area contributed by atoms with E-state index in [1.807, 2.05) is 0 Å². The molecular weight excluding hydrogens is 285 g/mol. The highest BCUT2D eigenvalue weighted by atomic mass is 29.9. The summed E-state index contributed by atoms with van der Waals surface area (Å²) < 4.78 is 0. The molecule has 0 heterocycles. The van der Waals surface area contributed by atoms with Crippen LogP contribution < -0.4 is 0 Å². The first-order valence-electron chi connectivity index (χ1n) is 7.17. The summed E-state index contributed by atoms with van der Waals surface area (Å²) in [7, 11) is -3.35. The molecule has 104 valence electrons. The SMILES string of the molecule is C[SiH](C)C[Si]([Si](C)(C)C)([Si](C)(C)C)[Si](C)(C)C. The van der Waals surface area contributed by atoms with Crippen LogP contribution in [0.3, 0.4) is 0 Å². The molecule has 0 spiro atoms. The lowest BCUT2D eigenvalue weighted by molar-refractivity contribution is 1.65. The van der Waals surface area contributed by atoms with Gasteiger partial charge in [-0.05, 0) is 0 Å². The van der Waals surface area contributed by atoms with E-state index < -0.39 is 38.2 Å². The first kappa shape index (κ1) is 18.1. The van der Waals surface area contributed by atoms with Crippen molar-refractivity contribution in [3.05, 3.63) is 0 Å². The molecule has 0 rings (SSSR count). The largest absolute Gasteiger partial charge is 0.0724 e. The van der Waals surface area contributed by atoms with Crippen molar-refractivity contribution in [2.45, 2.75) is 77.7 Å². The molecule has 17 heavy (non-hydrogen) atoms. The van der Waals surface area contributed by atoms with Crippen molar-refractivity contribution in [3.63, 3.8) is 0 Å². The third-order valence-corrected chi connectivity index (χ3v) is 87.0. The van der Waals surface area contributed by atoms with E-state index in [0.29, 0.717) is 0 Å². The Morgan fingerprint density at radius 1 is 0.588 bits per heavy atom. The van der Waals surface area contributed by atoms with Gasteiger partial charge < -0.3 is 0 Å². The van der Waals surface area contributed by atoms with E-state index in [1.165, 1.54) is 0 Å². The molecule has 0 aromatic carbocycles. The minimum absolute atomic E-state index is 0.429. The summed E-state index contributed by atoms with van der Waals surface area (Å²) in [6.07, 6.45) is 0. The molecule has 0 N–H and O–H groups in total. The van der Waals surface area contributed by atoms with Crippen molar-refractivity contribution in [3.8, 4) is 0 Å². The summed E-state index contributed by atoms with van der Waals surface area (Å²) in [5, 5.41) is 0. The molecule has 0 saturated heterocycles. The quantitative estimate of drug-likeness (QED) is 0.643. The Hall–Kier alpha value is 1.08. The molecule has 0 aliphatic heterocycles. The first-order valence-corrected chi connectivity index (χ1v) is 26.0. The summed E-state index contributed by atoms with van der Waals surface area (Å²) in [5.41, 5.74) is 1.76. The van der Waals surface area contributed by atoms with Gasteiger partial charge in [-0.1, -0.05) is 77.7 Å². The van der Waals surface area contributed by atoms with Crippen LogP contribution in [0.5, 0.6) is 0 Å². The summed E-state index contributed by atoms with van der Waals surface area (Å²) >= 11 is 0. The van der Waals surface area contributed by atoms with Gasteiger partial charge in [0.15, 0.2) is 0 Å². The topological polar surface area (TPSA) is 0 Å². The van der Waals surface area contributed by atoms with Gasteiger partial charge in [0.1, 0.15) is 0 Å². The summed E-state index contributed by atoms with van der Waals surface area (Å²) in [5.74, 6) is 0. The van der Waals surface area contributed by atoms with Crippen molar-refractivity contribution in [1.82, 2.24) is 0 Å². The van der Waals surface area contributed by atoms with Crippen LogP contribution in [-0.2, 0) is 0 Å². The monoisotopic (exact) mass is 320 g/mol. The van der Waals surface area contributed by atoms with Crippen molar-refractivity contribution in [2.75, 3.05) is 0 Å². The Morgan fingerprint density at radius 2 is 0.824 bits per heavy atom. The van der Waals surface area contributed by atoms with E-state index in [2.05, 4.69) is 72.0 Å². The van der Waals surface area contributed by atoms with Gasteiger partial charge in [0.2, 0.25) is 0 Å². The molecule has 0 aromatic heterocycles. The minimum Gasteiger partial charge on any atom is -0.0724 e. The standard InChI is InChI=1S/C12H36Si5/c1-13(2)12-17(14(3,4)5,15(6,7)8)16(9,10)11/h13H,12H2,1-11H3. The van der Waals surface area contributed by atoms with E-state index >= 15 is 0 Å². The Morgan fingerprint density at radius 3 is 0.882 bits per heavy atom. The van der Waals surface area contributed by atoms with E-state index in [1.54, 1.807) is 5.67 Å². The zero-order valence-electron chi connectivity index (χ0n) is 14.3. The lowest BCUT2D eigenvalue weighted by Gasteiger charge is -2.58. The zero-order chi connectivity index (χ0) is 14.3. The fraction of sp³-hybridized carbons (Fsp3) is 1.00. The van der Waals surface area contributed by atoms with Gasteiger partial charge in [-0.15, -0.1) is 0 Å². The van der Waals surface area contributed by atoms with Crippen LogP contribution in [-0.4, -0.2) is 38.2 Å². The number of hydrogen-bond donors (Lipinski definition) is 0. The van der Waals surface area contributed by atoms with Crippen LogP contribution in [0.15, 0.2) is 0 Å². The van der Waals surface area contributed by atoms with E-state index in [-0.39, 0.29) is 0 Å². The third-order valence-electron chi connectivity index (χ3n) is 4.56. The fourth-order valence-electron chi connectivity index (χ4n) is 4.91. The molecule has 0 nitrogen and oxygen atoms in total. The van der Waals surface area contributed by atoms with Crippen LogP contribution in [0, 0.1) is 0 Å². The van der Waals surface area contributed by atoms with Gasteiger partial charge >= 0.3 is 0 Å². The molecule has 0 radical (unpaired) electrons. The average molecular weight is 321 g/mol. The fourth-order valence-corrected chi connectivity index (χ4v) is 132. The molecule has 0 aromatic rings. The highest BCUT2D eigenvalue weighted by molar-refractivity contribution is 7.90. The van der Waals surface area contributed by atoms with Crippen LogP contribution in [0.1, 0.15) is 0 Å². The van der Waals surface area contributed by atoms with E-state index in [0.717, 1.165) is 0 Å². The normalized spacial score (nSPS) is 15.5. The summed E-state index contributed by atoms with van der Waals surface area (Å²) in [4.78, 5) is 0. The molecule has 0 amide bonds. The van der Waals surface area contributed by atoms with Gasteiger partial charge in [0.25, 0.3) is 0 Å². The van der Waals surface area contributed by atoms with Gasteiger partial charge in [-0.3, -0.25) is 0 Å². The van der Waals surface area contributed by atoms with Crippen LogP contribution >= 0.6 is 0 Å². The third kappa shape index (κ3) is 3.55. The molecule has 0 aliphatic rings. The zero-order valence-corrected chi connectivity index (χ0v) is 19.4. The summed E-state index contributed by atoms with van der Waals surface area (Å²) in [6.45, 7) is 28.6. The molecule has 0 unspecified atom stereocenters. The van der Waals surface area contributed by atoms with Gasteiger partial charge in [0, 0.05) is 38.2 Å². The number of hydrogen-bond acceptors (Lipinski definition) is 0. The van der Waals surface area contributed by atoms with Gasteiger partial charge in [-0.25, -0.2) is 0 Å². The maximum atomic E-state index is 2.71. The Labute approximate surface area is 116 Å². The molecule has 0 saturated carbocycles. The van der Waals surface area contributed by atoms with E-state index in [9.17, 15) is 0 Å². The van der Waals surface area contributed by atoms with Gasteiger partial charge in [-0.2, -0.15) is 0 Å². The molecule has 0 atom stereocenters. The predicted octanol–water partition coefficient (Wildman–Crippen LogP) is 4.71. The maximum Gasteiger partial charge on any atom is 0.0347 e. The van der Waals surface area contributed by atoms with Crippen molar-refractivity contribution in [2.24, 2.45) is 0 Å². The average Bonchev–Trinajstić information content (AvgIpc) is 1.91. The second kappa shape index (κ2) is 5.23. The Balaban J connectivity index is 5.93. The predicted molar refractivity (Wildman–Crippen MR) is 99.5 cm³/mol. The molecule has 0 bridgehead atoms. The second-order valence-electron chi connectivity index (χ2n) is 9.25. The molecular formula is C12H36Si5. The molecule has 5 heteroatoms. The van der Waals surface area contributed by atoms with Crippen LogP contribution in [0.25, 0.3) is 0 Å². The smallest absolute Gasteiger partial charge is 0.0347 e. The highest BCUT2D eigenvalue weighted by Gasteiger charge is 2.60. The second-order valence-corrected chi connectivity index (χ2v) is 54.7. The minimum atomic E-state index is -0.985. The number of rotatable bonds is 5. The summed E-state index contributed by atoms with van der Waals surface area (Å²) in [6, 6.07) is 0. The lowest BCUT2D eigenvalue weighted by Crippen LogP contribution is -2.83.